The van der Waals surface area contributed by atoms with Crippen molar-refractivity contribution >= 4 is 20.3 Å². The molecule has 1 aliphatic rings. The van der Waals surface area contributed by atoms with E-state index in [-0.39, 0.29) is 59.0 Å². The van der Waals surface area contributed by atoms with E-state index in [0.717, 1.165) is 38.2 Å². The molecule has 0 radical (unpaired) electrons. The molecule has 1 atom stereocenters. The third-order valence-corrected chi connectivity index (χ3v) is 5.39. The van der Waals surface area contributed by atoms with E-state index in [1.165, 1.54) is 0 Å². The van der Waals surface area contributed by atoms with Gasteiger partial charge >= 0.3 is 13.8 Å². The fourth-order valence-electron chi connectivity index (χ4n) is 2.49. The molecular formula is C18H31O10P. The zero-order chi connectivity index (χ0) is 21.2. The minimum absolute atomic E-state index is 0.00342. The van der Waals surface area contributed by atoms with E-state index in [0.29, 0.717) is 6.47 Å². The van der Waals surface area contributed by atoms with Crippen LogP contribution in [-0.4, -0.2) is 71.4 Å². The van der Waals surface area contributed by atoms with Crippen molar-refractivity contribution in [2.75, 3.05) is 52.9 Å². The maximum atomic E-state index is 12.9. The monoisotopic (exact) mass is 438 g/mol. The maximum absolute atomic E-state index is 12.9. The van der Waals surface area contributed by atoms with E-state index in [1.54, 1.807) is 0 Å². The van der Waals surface area contributed by atoms with Crippen molar-refractivity contribution in [2.45, 2.75) is 38.2 Å². The summed E-state index contributed by atoms with van der Waals surface area (Å²) >= 11 is 0. The molecule has 0 bridgehead atoms. The van der Waals surface area contributed by atoms with Gasteiger partial charge in [-0.1, -0.05) is 25.8 Å². The van der Waals surface area contributed by atoms with Crippen molar-refractivity contribution in [3.05, 3.63) is 12.7 Å². The van der Waals surface area contributed by atoms with Gasteiger partial charge in [-0.25, -0.2) is 9.36 Å². The molecule has 0 aromatic carbocycles. The van der Waals surface area contributed by atoms with Crippen molar-refractivity contribution in [1.82, 2.24) is 0 Å². The van der Waals surface area contributed by atoms with E-state index < -0.39 is 13.8 Å². The Morgan fingerprint density at radius 1 is 0.897 bits per heavy atom. The van der Waals surface area contributed by atoms with Crippen molar-refractivity contribution in [2.24, 2.45) is 0 Å². The molecule has 0 heterocycles. The summed E-state index contributed by atoms with van der Waals surface area (Å²) in [6, 6.07) is 0. The largest absolute Gasteiger partial charge is 0.475 e. The lowest BCUT2D eigenvalue weighted by Gasteiger charge is -2.26. The van der Waals surface area contributed by atoms with Crippen molar-refractivity contribution in [1.29, 1.82) is 0 Å². The summed E-state index contributed by atoms with van der Waals surface area (Å²) in [5.74, 6) is -0.524. The van der Waals surface area contributed by atoms with Crippen LogP contribution in [0.1, 0.15) is 32.1 Å². The lowest BCUT2D eigenvalue weighted by molar-refractivity contribution is -0.139. The van der Waals surface area contributed by atoms with E-state index in [2.05, 4.69) is 11.3 Å². The minimum Gasteiger partial charge on any atom is -0.465 e. The summed E-state index contributed by atoms with van der Waals surface area (Å²) in [6.45, 7) is 4.51. The Hall–Kier alpha value is -1.29. The van der Waals surface area contributed by atoms with Gasteiger partial charge in [-0.05, 0) is 12.8 Å². The highest BCUT2D eigenvalue weighted by Crippen LogP contribution is 2.51. The van der Waals surface area contributed by atoms with Gasteiger partial charge in [0.05, 0.1) is 45.7 Å². The fraction of sp³-hybridized carbons (Fsp3) is 0.778. The van der Waals surface area contributed by atoms with Gasteiger partial charge in [0, 0.05) is 6.08 Å². The molecule has 1 fully saturated rings. The Morgan fingerprint density at radius 2 is 1.48 bits per heavy atom. The summed E-state index contributed by atoms with van der Waals surface area (Å²) in [5, 5.41) is 0. The van der Waals surface area contributed by atoms with Crippen LogP contribution in [0.5, 0.6) is 0 Å². The van der Waals surface area contributed by atoms with Crippen molar-refractivity contribution in [3.63, 3.8) is 0 Å². The van der Waals surface area contributed by atoms with Crippen LogP contribution >= 0.6 is 7.82 Å². The van der Waals surface area contributed by atoms with Crippen LogP contribution in [0.15, 0.2) is 12.7 Å². The van der Waals surface area contributed by atoms with Gasteiger partial charge in [0.15, 0.2) is 0 Å². The predicted octanol–water partition coefficient (Wildman–Crippen LogP) is 2.41. The number of esters is 1. The van der Waals surface area contributed by atoms with Gasteiger partial charge in [-0.2, -0.15) is 0 Å². The van der Waals surface area contributed by atoms with Gasteiger partial charge in [-0.3, -0.25) is 18.4 Å². The molecule has 0 spiro atoms. The van der Waals surface area contributed by atoms with Gasteiger partial charge in [0.1, 0.15) is 13.2 Å². The number of phosphoric ester groups is 1. The summed E-state index contributed by atoms with van der Waals surface area (Å²) in [5.41, 5.74) is 0. The molecule has 0 amide bonds. The molecule has 1 saturated carbocycles. The van der Waals surface area contributed by atoms with Crippen LogP contribution in [0.3, 0.4) is 0 Å². The Balaban J connectivity index is 2.29. The van der Waals surface area contributed by atoms with Gasteiger partial charge < -0.3 is 18.9 Å². The molecular weight excluding hydrogens is 407 g/mol. The van der Waals surface area contributed by atoms with Gasteiger partial charge in [0.25, 0.3) is 6.47 Å². The van der Waals surface area contributed by atoms with Crippen LogP contribution in [0.25, 0.3) is 0 Å². The minimum atomic E-state index is -3.77. The van der Waals surface area contributed by atoms with E-state index in [4.69, 9.17) is 27.8 Å². The number of hydrogen-bond donors (Lipinski definition) is 0. The van der Waals surface area contributed by atoms with E-state index in [1.807, 2.05) is 0 Å². The summed E-state index contributed by atoms with van der Waals surface area (Å²) in [4.78, 5) is 20.9. The number of phosphoric acid groups is 1. The number of carbonyl (C=O) groups excluding carboxylic acids is 2. The lowest BCUT2D eigenvalue weighted by Crippen LogP contribution is -2.19. The van der Waals surface area contributed by atoms with Gasteiger partial charge in [0.2, 0.25) is 0 Å². The van der Waals surface area contributed by atoms with Crippen LogP contribution in [0.4, 0.5) is 0 Å². The van der Waals surface area contributed by atoms with Crippen LogP contribution in [0, 0.1) is 0 Å². The number of hydrogen-bond acceptors (Lipinski definition) is 10. The molecule has 0 aliphatic heterocycles. The van der Waals surface area contributed by atoms with Crippen LogP contribution in [-0.2, 0) is 46.7 Å². The molecule has 0 aromatic heterocycles. The third kappa shape index (κ3) is 13.5. The Kier molecular flexibility index (Phi) is 14.6. The first kappa shape index (κ1) is 25.7. The van der Waals surface area contributed by atoms with Crippen LogP contribution < -0.4 is 0 Å². The highest BCUT2D eigenvalue weighted by atomic mass is 31.2. The number of carbonyl (C=O) groups is 2. The number of ether oxygens (including phenoxy) is 4. The fourth-order valence-corrected chi connectivity index (χ4v) is 3.86. The molecule has 0 aromatic rings. The standard InChI is InChI=1S/C18H31O10P/c1-2-18(20)25-13-10-23-12-15-27-29(21,28-17-6-4-3-5-7-17)26-14-11-22-8-9-24-16-19/h2,16-17H,1,3-15H2. The normalized spacial score (nSPS) is 16.7. The molecule has 168 valence electrons. The second-order valence-corrected chi connectivity index (χ2v) is 7.66. The third-order valence-electron chi connectivity index (χ3n) is 3.84. The van der Waals surface area contributed by atoms with Crippen molar-refractivity contribution in [3.8, 4) is 0 Å². The van der Waals surface area contributed by atoms with Crippen LogP contribution in [0.2, 0.25) is 0 Å². The predicted molar refractivity (Wildman–Crippen MR) is 102 cm³/mol. The Labute approximate surface area is 171 Å². The highest BCUT2D eigenvalue weighted by molar-refractivity contribution is 7.48. The zero-order valence-corrected chi connectivity index (χ0v) is 17.6. The first-order valence-electron chi connectivity index (χ1n) is 9.67. The quantitative estimate of drug-likeness (QED) is 0.104. The first-order valence-corrected chi connectivity index (χ1v) is 11.1. The second-order valence-electron chi connectivity index (χ2n) is 6.04. The molecule has 0 saturated heterocycles. The van der Waals surface area contributed by atoms with E-state index in [9.17, 15) is 14.2 Å². The summed E-state index contributed by atoms with van der Waals surface area (Å²) < 4.78 is 49.0. The molecule has 29 heavy (non-hydrogen) atoms. The maximum Gasteiger partial charge on any atom is 0.475 e. The Morgan fingerprint density at radius 3 is 2.07 bits per heavy atom. The second kappa shape index (κ2) is 16.5. The first-order chi connectivity index (χ1) is 14.1. The van der Waals surface area contributed by atoms with Crippen molar-refractivity contribution < 1.29 is 46.7 Å². The molecule has 0 N–H and O–H groups in total. The average molecular weight is 438 g/mol. The molecule has 1 rings (SSSR count). The zero-order valence-electron chi connectivity index (χ0n) is 16.7. The highest BCUT2D eigenvalue weighted by Gasteiger charge is 2.31. The molecule has 11 heteroatoms. The van der Waals surface area contributed by atoms with E-state index >= 15 is 0 Å². The SMILES string of the molecule is C=CC(=O)OCCOCCOP(=O)(OCCOCCOC=O)OC1CCCCC1. The summed E-state index contributed by atoms with van der Waals surface area (Å²) in [6.07, 6.45) is 5.66. The van der Waals surface area contributed by atoms with Gasteiger partial charge in [-0.15, -0.1) is 0 Å². The Bertz CT molecular complexity index is 507. The average Bonchev–Trinajstić information content (AvgIpc) is 2.73. The lowest BCUT2D eigenvalue weighted by atomic mass is 9.98. The molecule has 1 unspecified atom stereocenters. The topological polar surface area (TPSA) is 116 Å². The smallest absolute Gasteiger partial charge is 0.465 e. The summed E-state index contributed by atoms with van der Waals surface area (Å²) in [7, 11) is -3.77. The molecule has 10 nitrogen and oxygen atoms in total. The number of rotatable bonds is 18. The molecule has 1 aliphatic carbocycles.